The molecule has 0 bridgehead atoms. The minimum Gasteiger partial charge on any atom is -0.496 e. The number of rotatable bonds is 6. The number of carbonyl (C=O) groups is 1. The molecule has 0 saturated carbocycles. The molecule has 0 atom stereocenters. The van der Waals surface area contributed by atoms with E-state index in [1.807, 2.05) is 83.8 Å². The highest BCUT2D eigenvalue weighted by Crippen LogP contribution is 2.26. The van der Waals surface area contributed by atoms with Crippen LogP contribution in [0.5, 0.6) is 17.2 Å². The zero-order valence-corrected chi connectivity index (χ0v) is 19.5. The van der Waals surface area contributed by atoms with Gasteiger partial charge in [0.05, 0.1) is 18.4 Å². The van der Waals surface area contributed by atoms with E-state index in [2.05, 4.69) is 9.88 Å². The van der Waals surface area contributed by atoms with Crippen LogP contribution in [0.3, 0.4) is 0 Å². The van der Waals surface area contributed by atoms with E-state index < -0.39 is 0 Å². The number of para-hydroxylation sites is 2. The lowest BCUT2D eigenvalue weighted by Crippen LogP contribution is -2.49. The standard InChI is InChI=1S/C28H26N4O3/c1-34-26-10-6-5-9-24(26)27(33)31-17-19-32(20-18-31)28-29-16-15-25(30-28)21-11-13-23(14-12-21)35-22-7-3-2-4-8-22/h2-16H,17-20H2,1H3. The highest BCUT2D eigenvalue weighted by Gasteiger charge is 2.25. The average Bonchev–Trinajstić information content (AvgIpc) is 2.94. The molecule has 1 aliphatic heterocycles. The molecule has 35 heavy (non-hydrogen) atoms. The summed E-state index contributed by atoms with van der Waals surface area (Å²) in [6.07, 6.45) is 1.78. The number of hydrogen-bond acceptors (Lipinski definition) is 6. The summed E-state index contributed by atoms with van der Waals surface area (Å²) in [4.78, 5) is 26.2. The molecule has 0 spiro atoms. The Morgan fingerprint density at radius 3 is 2.23 bits per heavy atom. The molecule has 1 aromatic heterocycles. The van der Waals surface area contributed by atoms with Crippen LogP contribution in [0.2, 0.25) is 0 Å². The summed E-state index contributed by atoms with van der Waals surface area (Å²) < 4.78 is 11.2. The topological polar surface area (TPSA) is 67.8 Å². The van der Waals surface area contributed by atoms with Crippen LogP contribution in [0.15, 0.2) is 91.1 Å². The number of anilines is 1. The number of nitrogens with zero attached hydrogens (tertiary/aromatic N) is 4. The second-order valence-corrected chi connectivity index (χ2v) is 8.16. The van der Waals surface area contributed by atoms with Gasteiger partial charge in [0.2, 0.25) is 5.95 Å². The summed E-state index contributed by atoms with van der Waals surface area (Å²) >= 11 is 0. The van der Waals surface area contributed by atoms with Crippen molar-refractivity contribution in [1.29, 1.82) is 0 Å². The fourth-order valence-corrected chi connectivity index (χ4v) is 4.08. The van der Waals surface area contributed by atoms with Crippen molar-refractivity contribution in [2.45, 2.75) is 0 Å². The van der Waals surface area contributed by atoms with Gasteiger partial charge in [0.25, 0.3) is 5.91 Å². The molecule has 7 nitrogen and oxygen atoms in total. The smallest absolute Gasteiger partial charge is 0.257 e. The van der Waals surface area contributed by atoms with Gasteiger partial charge in [-0.25, -0.2) is 9.97 Å². The molecule has 5 rings (SSSR count). The molecule has 0 radical (unpaired) electrons. The van der Waals surface area contributed by atoms with Gasteiger partial charge in [-0.3, -0.25) is 4.79 Å². The molecular formula is C28H26N4O3. The Morgan fingerprint density at radius 1 is 0.800 bits per heavy atom. The molecule has 1 amide bonds. The zero-order chi connectivity index (χ0) is 24.0. The number of aromatic nitrogens is 2. The van der Waals surface area contributed by atoms with Crippen molar-refractivity contribution in [2.24, 2.45) is 0 Å². The van der Waals surface area contributed by atoms with E-state index in [1.165, 1.54) is 0 Å². The molecule has 4 aromatic rings. The summed E-state index contributed by atoms with van der Waals surface area (Å²) in [6.45, 7) is 2.51. The Balaban J connectivity index is 1.24. The Labute approximate surface area is 204 Å². The molecule has 7 heteroatoms. The van der Waals surface area contributed by atoms with Crippen LogP contribution in [0.1, 0.15) is 10.4 Å². The van der Waals surface area contributed by atoms with Crippen molar-refractivity contribution < 1.29 is 14.3 Å². The maximum Gasteiger partial charge on any atom is 0.257 e. The Morgan fingerprint density at radius 2 is 1.49 bits per heavy atom. The summed E-state index contributed by atoms with van der Waals surface area (Å²) in [7, 11) is 1.58. The van der Waals surface area contributed by atoms with Crippen molar-refractivity contribution in [3.05, 3.63) is 96.7 Å². The van der Waals surface area contributed by atoms with Crippen LogP contribution in [0.4, 0.5) is 5.95 Å². The summed E-state index contributed by atoms with van der Waals surface area (Å²) in [5, 5.41) is 0. The van der Waals surface area contributed by atoms with Gasteiger partial charge in [-0.2, -0.15) is 0 Å². The predicted molar refractivity (Wildman–Crippen MR) is 135 cm³/mol. The number of carbonyl (C=O) groups excluding carboxylic acids is 1. The number of hydrogen-bond donors (Lipinski definition) is 0. The molecule has 2 heterocycles. The monoisotopic (exact) mass is 466 g/mol. The second kappa shape index (κ2) is 10.3. The summed E-state index contributed by atoms with van der Waals surface area (Å²) in [5.74, 6) is 2.81. The first kappa shape index (κ1) is 22.4. The molecule has 176 valence electrons. The maximum absolute atomic E-state index is 13.0. The third kappa shape index (κ3) is 5.09. The van der Waals surface area contributed by atoms with Crippen molar-refractivity contribution >= 4 is 11.9 Å². The molecular weight excluding hydrogens is 440 g/mol. The summed E-state index contributed by atoms with van der Waals surface area (Å²) in [6, 6.07) is 26.8. The maximum atomic E-state index is 13.0. The molecule has 1 saturated heterocycles. The van der Waals surface area contributed by atoms with E-state index in [9.17, 15) is 4.79 Å². The van der Waals surface area contributed by atoms with Crippen LogP contribution < -0.4 is 14.4 Å². The van der Waals surface area contributed by atoms with E-state index >= 15 is 0 Å². The van der Waals surface area contributed by atoms with Crippen molar-refractivity contribution in [1.82, 2.24) is 14.9 Å². The molecule has 3 aromatic carbocycles. The van der Waals surface area contributed by atoms with Gasteiger partial charge in [0.1, 0.15) is 17.2 Å². The molecule has 0 aliphatic carbocycles. The van der Waals surface area contributed by atoms with Gasteiger partial charge in [0.15, 0.2) is 0 Å². The van der Waals surface area contributed by atoms with Crippen LogP contribution in [0, 0.1) is 0 Å². The lowest BCUT2D eigenvalue weighted by Gasteiger charge is -2.35. The number of amides is 1. The van der Waals surface area contributed by atoms with E-state index in [0.29, 0.717) is 43.4 Å². The third-order valence-corrected chi connectivity index (χ3v) is 5.96. The number of ether oxygens (including phenoxy) is 2. The quantitative estimate of drug-likeness (QED) is 0.402. The number of benzene rings is 3. The minimum absolute atomic E-state index is 0.0189. The van der Waals surface area contributed by atoms with Gasteiger partial charge in [-0.05, 0) is 54.6 Å². The van der Waals surface area contributed by atoms with E-state index in [-0.39, 0.29) is 5.91 Å². The van der Waals surface area contributed by atoms with E-state index in [4.69, 9.17) is 14.5 Å². The number of methoxy groups -OCH3 is 1. The first-order chi connectivity index (χ1) is 17.2. The second-order valence-electron chi connectivity index (χ2n) is 8.16. The SMILES string of the molecule is COc1ccccc1C(=O)N1CCN(c2nccc(-c3ccc(Oc4ccccc4)cc3)n2)CC1. The average molecular weight is 467 g/mol. The van der Waals surface area contributed by atoms with Gasteiger partial charge >= 0.3 is 0 Å². The van der Waals surface area contributed by atoms with Gasteiger partial charge < -0.3 is 19.3 Å². The normalized spacial score (nSPS) is 13.4. The van der Waals surface area contributed by atoms with Crippen molar-refractivity contribution in [2.75, 3.05) is 38.2 Å². The van der Waals surface area contributed by atoms with Gasteiger partial charge in [-0.1, -0.05) is 30.3 Å². The van der Waals surface area contributed by atoms with E-state index in [0.717, 1.165) is 22.8 Å². The van der Waals surface area contributed by atoms with Gasteiger partial charge in [0, 0.05) is 37.9 Å². The lowest BCUT2D eigenvalue weighted by molar-refractivity contribution is 0.0743. The predicted octanol–water partition coefficient (Wildman–Crippen LogP) is 4.91. The third-order valence-electron chi connectivity index (χ3n) is 5.96. The Hall–Kier alpha value is -4.39. The highest BCUT2D eigenvalue weighted by molar-refractivity contribution is 5.97. The van der Waals surface area contributed by atoms with E-state index in [1.54, 1.807) is 19.4 Å². The van der Waals surface area contributed by atoms with Crippen LogP contribution in [-0.4, -0.2) is 54.1 Å². The fraction of sp³-hybridized carbons (Fsp3) is 0.179. The van der Waals surface area contributed by atoms with Crippen molar-refractivity contribution in [3.63, 3.8) is 0 Å². The van der Waals surface area contributed by atoms with Gasteiger partial charge in [-0.15, -0.1) is 0 Å². The van der Waals surface area contributed by atoms with Crippen molar-refractivity contribution in [3.8, 4) is 28.5 Å². The fourth-order valence-electron chi connectivity index (χ4n) is 4.08. The molecule has 1 fully saturated rings. The van der Waals surface area contributed by atoms with Crippen LogP contribution in [-0.2, 0) is 0 Å². The zero-order valence-electron chi connectivity index (χ0n) is 19.5. The van der Waals surface area contributed by atoms with Crippen LogP contribution in [0.25, 0.3) is 11.3 Å². The first-order valence-corrected chi connectivity index (χ1v) is 11.5. The first-order valence-electron chi connectivity index (χ1n) is 11.5. The van der Waals surface area contributed by atoms with Crippen LogP contribution >= 0.6 is 0 Å². The minimum atomic E-state index is -0.0189. The number of piperazine rings is 1. The largest absolute Gasteiger partial charge is 0.496 e. The molecule has 1 aliphatic rings. The Bertz CT molecular complexity index is 1290. The molecule has 0 unspecified atom stereocenters. The summed E-state index contributed by atoms with van der Waals surface area (Å²) in [5.41, 5.74) is 2.41. The molecule has 0 N–H and O–H groups in total. The highest BCUT2D eigenvalue weighted by atomic mass is 16.5. The lowest BCUT2D eigenvalue weighted by atomic mass is 10.1. The Kier molecular flexibility index (Phi) is 6.57.